The van der Waals surface area contributed by atoms with E-state index in [0.717, 1.165) is 6.07 Å². The number of aldehydes is 1. The molecule has 0 aliphatic heterocycles. The van der Waals surface area contributed by atoms with Gasteiger partial charge in [-0.1, -0.05) is 12.1 Å². The molecule has 0 fully saturated rings. The molecule has 0 spiro atoms. The van der Waals surface area contributed by atoms with E-state index in [9.17, 15) is 18.4 Å². The van der Waals surface area contributed by atoms with Crippen LogP contribution in [0.1, 0.15) is 10.4 Å². The Morgan fingerprint density at radius 2 is 1.94 bits per heavy atom. The highest BCUT2D eigenvalue weighted by molar-refractivity contribution is 5.87. The third-order valence-corrected chi connectivity index (χ3v) is 2.34. The number of carbonyl (C=O) groups excluding carboxylic acids is 1. The number of benzene rings is 1. The van der Waals surface area contributed by atoms with Crippen molar-refractivity contribution < 1.29 is 13.6 Å². The zero-order valence-corrected chi connectivity index (χ0v) is 8.54. The standard InChI is InChI=1S/C12H7F2NO2/c13-9-3-1-2-8(11(9)14)10-7(6-16)4-5-15-12(10)17/h1-6H,(H,15,17). The topological polar surface area (TPSA) is 49.9 Å². The van der Waals surface area contributed by atoms with Gasteiger partial charge in [0.1, 0.15) is 0 Å². The molecule has 0 bridgehead atoms. The highest BCUT2D eigenvalue weighted by Crippen LogP contribution is 2.23. The van der Waals surface area contributed by atoms with E-state index in [-0.39, 0.29) is 16.7 Å². The van der Waals surface area contributed by atoms with Crippen molar-refractivity contribution in [3.63, 3.8) is 0 Å². The van der Waals surface area contributed by atoms with E-state index in [4.69, 9.17) is 0 Å². The molecule has 0 amide bonds. The van der Waals surface area contributed by atoms with Gasteiger partial charge in [-0.05, 0) is 12.1 Å². The molecule has 3 nitrogen and oxygen atoms in total. The van der Waals surface area contributed by atoms with Crippen LogP contribution in [-0.4, -0.2) is 11.3 Å². The van der Waals surface area contributed by atoms with Crippen LogP contribution in [0.5, 0.6) is 0 Å². The quantitative estimate of drug-likeness (QED) is 0.810. The van der Waals surface area contributed by atoms with Gasteiger partial charge in [-0.3, -0.25) is 9.59 Å². The number of halogens is 2. The van der Waals surface area contributed by atoms with E-state index >= 15 is 0 Å². The summed E-state index contributed by atoms with van der Waals surface area (Å²) in [6.07, 6.45) is 1.70. The largest absolute Gasteiger partial charge is 0.329 e. The summed E-state index contributed by atoms with van der Waals surface area (Å²) in [7, 11) is 0. The second-order valence-corrected chi connectivity index (χ2v) is 3.36. The Bertz CT molecular complexity index is 635. The van der Waals surface area contributed by atoms with Crippen molar-refractivity contribution in [1.29, 1.82) is 0 Å². The van der Waals surface area contributed by atoms with Crippen LogP contribution >= 0.6 is 0 Å². The summed E-state index contributed by atoms with van der Waals surface area (Å²) in [4.78, 5) is 24.7. The molecule has 0 aliphatic carbocycles. The number of H-pyrrole nitrogens is 1. The molecule has 2 rings (SSSR count). The first-order valence-electron chi connectivity index (χ1n) is 4.76. The fourth-order valence-electron chi connectivity index (χ4n) is 1.57. The first-order chi connectivity index (χ1) is 8.15. The van der Waals surface area contributed by atoms with Crippen LogP contribution in [-0.2, 0) is 0 Å². The van der Waals surface area contributed by atoms with Gasteiger partial charge in [0.15, 0.2) is 17.9 Å². The Balaban J connectivity index is 2.81. The zero-order valence-electron chi connectivity index (χ0n) is 8.54. The Morgan fingerprint density at radius 3 is 2.65 bits per heavy atom. The maximum Gasteiger partial charge on any atom is 0.256 e. The molecule has 2 aromatic rings. The summed E-state index contributed by atoms with van der Waals surface area (Å²) in [6.45, 7) is 0. The molecule has 1 N–H and O–H groups in total. The lowest BCUT2D eigenvalue weighted by molar-refractivity contribution is 0.112. The lowest BCUT2D eigenvalue weighted by Crippen LogP contribution is -2.12. The summed E-state index contributed by atoms with van der Waals surface area (Å²) in [5.74, 6) is -2.21. The molecule has 0 saturated heterocycles. The summed E-state index contributed by atoms with van der Waals surface area (Å²) >= 11 is 0. The number of aromatic nitrogens is 1. The van der Waals surface area contributed by atoms with Gasteiger partial charge in [0.05, 0.1) is 5.56 Å². The van der Waals surface area contributed by atoms with E-state index in [1.165, 1.54) is 24.4 Å². The lowest BCUT2D eigenvalue weighted by atomic mass is 10.0. The van der Waals surface area contributed by atoms with Gasteiger partial charge in [-0.25, -0.2) is 8.78 Å². The molecule has 86 valence electrons. The van der Waals surface area contributed by atoms with E-state index in [2.05, 4.69) is 4.98 Å². The average molecular weight is 235 g/mol. The van der Waals surface area contributed by atoms with Gasteiger partial charge < -0.3 is 4.98 Å². The van der Waals surface area contributed by atoms with Crippen molar-refractivity contribution in [3.05, 3.63) is 58.0 Å². The van der Waals surface area contributed by atoms with E-state index in [1.54, 1.807) is 0 Å². The van der Waals surface area contributed by atoms with Crippen LogP contribution in [0.2, 0.25) is 0 Å². The van der Waals surface area contributed by atoms with Crippen molar-refractivity contribution in [1.82, 2.24) is 4.98 Å². The highest BCUT2D eigenvalue weighted by atomic mass is 19.2. The molecule has 5 heteroatoms. The molecule has 1 aromatic heterocycles. The minimum absolute atomic E-state index is 0.0123. The molecule has 17 heavy (non-hydrogen) atoms. The molecule has 0 saturated carbocycles. The third-order valence-electron chi connectivity index (χ3n) is 2.34. The maximum absolute atomic E-state index is 13.5. The summed E-state index contributed by atoms with van der Waals surface area (Å²) < 4.78 is 26.6. The molecule has 0 atom stereocenters. The van der Waals surface area contributed by atoms with Crippen LogP contribution in [0.3, 0.4) is 0 Å². The SMILES string of the molecule is O=Cc1cc[nH]c(=O)c1-c1cccc(F)c1F. The second kappa shape index (κ2) is 4.29. The number of pyridine rings is 1. The van der Waals surface area contributed by atoms with Gasteiger partial charge >= 0.3 is 0 Å². The van der Waals surface area contributed by atoms with Crippen LogP contribution in [0.4, 0.5) is 8.78 Å². The van der Waals surface area contributed by atoms with Crippen molar-refractivity contribution in [2.24, 2.45) is 0 Å². The Kier molecular flexibility index (Phi) is 2.82. The maximum atomic E-state index is 13.5. The third kappa shape index (κ3) is 1.87. The van der Waals surface area contributed by atoms with Crippen molar-refractivity contribution in [2.45, 2.75) is 0 Å². The van der Waals surface area contributed by atoms with E-state index < -0.39 is 17.2 Å². The lowest BCUT2D eigenvalue weighted by Gasteiger charge is -2.05. The van der Waals surface area contributed by atoms with Crippen molar-refractivity contribution in [3.8, 4) is 11.1 Å². The molecular formula is C12H7F2NO2. The molecule has 0 radical (unpaired) electrons. The van der Waals surface area contributed by atoms with Crippen molar-refractivity contribution >= 4 is 6.29 Å². The van der Waals surface area contributed by atoms with Crippen LogP contribution < -0.4 is 5.56 Å². The smallest absolute Gasteiger partial charge is 0.256 e. The average Bonchev–Trinajstić information content (AvgIpc) is 2.33. The fraction of sp³-hybridized carbons (Fsp3) is 0. The van der Waals surface area contributed by atoms with Crippen LogP contribution in [0, 0.1) is 11.6 Å². The normalized spacial score (nSPS) is 10.2. The number of hydrogen-bond acceptors (Lipinski definition) is 2. The monoisotopic (exact) mass is 235 g/mol. The van der Waals surface area contributed by atoms with Gasteiger partial charge in [0.2, 0.25) is 0 Å². The first-order valence-corrected chi connectivity index (χ1v) is 4.76. The number of hydrogen-bond donors (Lipinski definition) is 1. The summed E-state index contributed by atoms with van der Waals surface area (Å²) in [6, 6.07) is 4.79. The molecule has 1 aromatic carbocycles. The zero-order chi connectivity index (χ0) is 12.4. The number of carbonyl (C=O) groups is 1. The van der Waals surface area contributed by atoms with E-state index in [1.807, 2.05) is 0 Å². The molecule has 0 aliphatic rings. The predicted molar refractivity (Wildman–Crippen MR) is 57.8 cm³/mol. The van der Waals surface area contributed by atoms with Gasteiger partial charge in [-0.15, -0.1) is 0 Å². The minimum atomic E-state index is -1.15. The van der Waals surface area contributed by atoms with Crippen LogP contribution in [0.15, 0.2) is 35.3 Å². The number of nitrogens with one attached hydrogen (secondary N) is 1. The molecular weight excluding hydrogens is 228 g/mol. The number of rotatable bonds is 2. The minimum Gasteiger partial charge on any atom is -0.329 e. The second-order valence-electron chi connectivity index (χ2n) is 3.36. The van der Waals surface area contributed by atoms with Crippen LogP contribution in [0.25, 0.3) is 11.1 Å². The molecule has 1 heterocycles. The highest BCUT2D eigenvalue weighted by Gasteiger charge is 2.15. The summed E-state index contributed by atoms with van der Waals surface area (Å²) in [5, 5.41) is 0. The van der Waals surface area contributed by atoms with Gasteiger partial charge in [-0.2, -0.15) is 0 Å². The van der Waals surface area contributed by atoms with Crippen molar-refractivity contribution in [2.75, 3.05) is 0 Å². The Morgan fingerprint density at radius 1 is 1.18 bits per heavy atom. The van der Waals surface area contributed by atoms with Gasteiger partial charge in [0.25, 0.3) is 5.56 Å². The van der Waals surface area contributed by atoms with Gasteiger partial charge in [0, 0.05) is 17.3 Å². The molecule has 0 unspecified atom stereocenters. The van der Waals surface area contributed by atoms with E-state index in [0.29, 0.717) is 6.29 Å². The number of aromatic amines is 1. The Labute approximate surface area is 94.7 Å². The summed E-state index contributed by atoms with van der Waals surface area (Å²) in [5.41, 5.74) is -1.02. The predicted octanol–water partition coefficient (Wildman–Crippen LogP) is 2.13. The fourth-order valence-corrected chi connectivity index (χ4v) is 1.57. The first kappa shape index (κ1) is 11.2. The Hall–Kier alpha value is -2.30.